The first kappa shape index (κ1) is 13.8. The highest BCUT2D eigenvalue weighted by Crippen LogP contribution is 2.31. The SMILES string of the molecule is COc1c(C)cc(Cl)cc1NCCCC(C)=O. The van der Waals surface area contributed by atoms with E-state index in [1.807, 2.05) is 19.1 Å². The second-order valence-electron chi connectivity index (χ2n) is 4.04. The number of methoxy groups -OCH3 is 1. The summed E-state index contributed by atoms with van der Waals surface area (Å²) < 4.78 is 5.32. The molecule has 0 amide bonds. The van der Waals surface area contributed by atoms with Gasteiger partial charge in [-0.1, -0.05) is 11.6 Å². The molecule has 1 aromatic carbocycles. The Bertz CT molecular complexity index is 405. The van der Waals surface area contributed by atoms with Crippen LogP contribution in [0.2, 0.25) is 5.02 Å². The topological polar surface area (TPSA) is 38.3 Å². The Balaban J connectivity index is 2.66. The molecule has 4 heteroatoms. The largest absolute Gasteiger partial charge is 0.494 e. The van der Waals surface area contributed by atoms with Crippen LogP contribution in [0.15, 0.2) is 12.1 Å². The number of hydrogen-bond donors (Lipinski definition) is 1. The van der Waals surface area contributed by atoms with Crippen LogP contribution < -0.4 is 10.1 Å². The molecule has 1 aromatic rings. The molecule has 0 radical (unpaired) electrons. The maximum atomic E-state index is 10.8. The van der Waals surface area contributed by atoms with Crippen LogP contribution in [0, 0.1) is 6.92 Å². The van der Waals surface area contributed by atoms with Gasteiger partial charge in [0.15, 0.2) is 0 Å². The van der Waals surface area contributed by atoms with Gasteiger partial charge in [-0.15, -0.1) is 0 Å². The minimum Gasteiger partial charge on any atom is -0.494 e. The Labute approximate surface area is 107 Å². The molecular weight excluding hydrogens is 238 g/mol. The monoisotopic (exact) mass is 255 g/mol. The molecule has 0 saturated heterocycles. The number of ketones is 1. The van der Waals surface area contributed by atoms with Crippen molar-refractivity contribution in [2.24, 2.45) is 0 Å². The van der Waals surface area contributed by atoms with Gasteiger partial charge in [-0.3, -0.25) is 0 Å². The van der Waals surface area contributed by atoms with Gasteiger partial charge in [0, 0.05) is 18.0 Å². The fraction of sp³-hybridized carbons (Fsp3) is 0.462. The summed E-state index contributed by atoms with van der Waals surface area (Å²) in [5.41, 5.74) is 1.87. The van der Waals surface area contributed by atoms with Gasteiger partial charge >= 0.3 is 0 Å². The molecule has 0 aliphatic carbocycles. The van der Waals surface area contributed by atoms with E-state index in [1.54, 1.807) is 14.0 Å². The van der Waals surface area contributed by atoms with E-state index in [9.17, 15) is 4.79 Å². The van der Waals surface area contributed by atoms with Crippen molar-refractivity contribution in [3.8, 4) is 5.75 Å². The smallest absolute Gasteiger partial charge is 0.144 e. The van der Waals surface area contributed by atoms with Crippen LogP contribution >= 0.6 is 11.6 Å². The molecule has 1 rings (SSSR count). The number of anilines is 1. The van der Waals surface area contributed by atoms with E-state index in [-0.39, 0.29) is 5.78 Å². The van der Waals surface area contributed by atoms with Gasteiger partial charge in [0.2, 0.25) is 0 Å². The van der Waals surface area contributed by atoms with Gasteiger partial charge in [0.05, 0.1) is 12.8 Å². The number of halogens is 1. The van der Waals surface area contributed by atoms with Crippen LogP contribution in [0.1, 0.15) is 25.3 Å². The van der Waals surface area contributed by atoms with E-state index in [0.717, 1.165) is 30.0 Å². The Hall–Kier alpha value is -1.22. The molecule has 0 saturated carbocycles. The lowest BCUT2D eigenvalue weighted by molar-refractivity contribution is -0.117. The van der Waals surface area contributed by atoms with Gasteiger partial charge in [0.25, 0.3) is 0 Å². The molecule has 0 spiro atoms. The number of rotatable bonds is 6. The van der Waals surface area contributed by atoms with Crippen LogP contribution in [-0.2, 0) is 4.79 Å². The Kier molecular flexibility index (Phi) is 5.29. The number of carbonyl (C=O) groups excluding carboxylic acids is 1. The molecule has 0 aliphatic heterocycles. The molecule has 3 nitrogen and oxygen atoms in total. The fourth-order valence-corrected chi connectivity index (χ4v) is 1.97. The summed E-state index contributed by atoms with van der Waals surface area (Å²) in [6, 6.07) is 3.70. The average Bonchev–Trinajstić information content (AvgIpc) is 2.23. The second kappa shape index (κ2) is 6.50. The average molecular weight is 256 g/mol. The molecule has 17 heavy (non-hydrogen) atoms. The minimum atomic E-state index is 0.209. The minimum absolute atomic E-state index is 0.209. The lowest BCUT2D eigenvalue weighted by atomic mass is 10.2. The van der Waals surface area contributed by atoms with Crippen molar-refractivity contribution < 1.29 is 9.53 Å². The summed E-state index contributed by atoms with van der Waals surface area (Å²) >= 11 is 5.99. The Morgan fingerprint density at radius 1 is 1.47 bits per heavy atom. The third-order valence-electron chi connectivity index (χ3n) is 2.46. The highest BCUT2D eigenvalue weighted by Gasteiger charge is 2.07. The third-order valence-corrected chi connectivity index (χ3v) is 2.68. The molecule has 0 aliphatic rings. The van der Waals surface area contributed by atoms with Crippen molar-refractivity contribution in [3.63, 3.8) is 0 Å². The molecule has 0 fully saturated rings. The normalized spacial score (nSPS) is 10.1. The highest BCUT2D eigenvalue weighted by atomic mass is 35.5. The number of Topliss-reactive ketones (excluding diaryl/α,β-unsaturated/α-hetero) is 1. The summed E-state index contributed by atoms with van der Waals surface area (Å²) in [5, 5.41) is 3.92. The first-order valence-corrected chi connectivity index (χ1v) is 6.00. The van der Waals surface area contributed by atoms with E-state index in [2.05, 4.69) is 5.32 Å². The predicted octanol–water partition coefficient (Wildman–Crippen LogP) is 3.44. The maximum Gasteiger partial charge on any atom is 0.144 e. The molecular formula is C13H18ClNO2. The first-order valence-electron chi connectivity index (χ1n) is 5.62. The zero-order valence-corrected chi connectivity index (χ0v) is 11.2. The molecule has 0 bridgehead atoms. The van der Waals surface area contributed by atoms with Crippen LogP contribution in [0.3, 0.4) is 0 Å². The number of nitrogens with one attached hydrogen (secondary N) is 1. The predicted molar refractivity (Wildman–Crippen MR) is 71.1 cm³/mol. The molecule has 0 unspecified atom stereocenters. The van der Waals surface area contributed by atoms with Crippen LogP contribution in [-0.4, -0.2) is 19.4 Å². The van der Waals surface area contributed by atoms with E-state index < -0.39 is 0 Å². The summed E-state index contributed by atoms with van der Waals surface area (Å²) in [6.45, 7) is 4.28. The number of carbonyl (C=O) groups is 1. The van der Waals surface area contributed by atoms with Crippen molar-refractivity contribution in [1.82, 2.24) is 0 Å². The molecule has 94 valence electrons. The van der Waals surface area contributed by atoms with Crippen LogP contribution in [0.25, 0.3) is 0 Å². The molecule has 0 heterocycles. The van der Waals surface area contributed by atoms with Gasteiger partial charge in [-0.05, 0) is 38.0 Å². The highest BCUT2D eigenvalue weighted by molar-refractivity contribution is 6.31. The van der Waals surface area contributed by atoms with Gasteiger partial charge in [0.1, 0.15) is 11.5 Å². The third kappa shape index (κ3) is 4.27. The summed E-state index contributed by atoms with van der Waals surface area (Å²) in [4.78, 5) is 10.8. The molecule has 0 aromatic heterocycles. The van der Waals surface area contributed by atoms with E-state index in [4.69, 9.17) is 16.3 Å². The lowest BCUT2D eigenvalue weighted by Crippen LogP contribution is -2.05. The van der Waals surface area contributed by atoms with E-state index >= 15 is 0 Å². The van der Waals surface area contributed by atoms with Crippen LogP contribution in [0.4, 0.5) is 5.69 Å². The van der Waals surface area contributed by atoms with Crippen molar-refractivity contribution in [1.29, 1.82) is 0 Å². The quantitative estimate of drug-likeness (QED) is 0.792. The van der Waals surface area contributed by atoms with Crippen molar-refractivity contribution in [3.05, 3.63) is 22.7 Å². The van der Waals surface area contributed by atoms with Crippen LogP contribution in [0.5, 0.6) is 5.75 Å². The number of ether oxygens (including phenoxy) is 1. The van der Waals surface area contributed by atoms with Crippen molar-refractivity contribution in [2.45, 2.75) is 26.7 Å². The number of benzene rings is 1. The standard InChI is InChI=1S/C13H18ClNO2/c1-9-7-11(14)8-12(13(9)17-3)15-6-4-5-10(2)16/h7-8,15H,4-6H2,1-3H3. The summed E-state index contributed by atoms with van der Waals surface area (Å²) in [6.07, 6.45) is 1.40. The van der Waals surface area contributed by atoms with Gasteiger partial charge < -0.3 is 14.8 Å². The fourth-order valence-electron chi connectivity index (χ4n) is 1.69. The first-order chi connectivity index (χ1) is 8.04. The Morgan fingerprint density at radius 2 is 2.18 bits per heavy atom. The van der Waals surface area contributed by atoms with E-state index in [0.29, 0.717) is 11.4 Å². The molecule has 1 N–H and O–H groups in total. The lowest BCUT2D eigenvalue weighted by Gasteiger charge is -2.13. The van der Waals surface area contributed by atoms with Crippen molar-refractivity contribution in [2.75, 3.05) is 19.0 Å². The summed E-state index contributed by atoms with van der Waals surface area (Å²) in [7, 11) is 1.64. The Morgan fingerprint density at radius 3 is 2.76 bits per heavy atom. The zero-order chi connectivity index (χ0) is 12.8. The number of hydrogen-bond acceptors (Lipinski definition) is 3. The van der Waals surface area contributed by atoms with Gasteiger partial charge in [-0.2, -0.15) is 0 Å². The number of aryl methyl sites for hydroxylation is 1. The zero-order valence-electron chi connectivity index (χ0n) is 10.5. The van der Waals surface area contributed by atoms with Gasteiger partial charge in [-0.25, -0.2) is 0 Å². The van der Waals surface area contributed by atoms with Crippen molar-refractivity contribution >= 4 is 23.1 Å². The maximum absolute atomic E-state index is 10.8. The molecule has 0 atom stereocenters. The second-order valence-corrected chi connectivity index (χ2v) is 4.47. The van der Waals surface area contributed by atoms with E-state index in [1.165, 1.54) is 0 Å². The summed E-state index contributed by atoms with van der Waals surface area (Å²) in [5.74, 6) is 1.01.